The molecule has 0 saturated heterocycles. The first kappa shape index (κ1) is 26.7. The van der Waals surface area contributed by atoms with Gasteiger partial charge in [0.25, 0.3) is 5.91 Å². The molecule has 37 heavy (non-hydrogen) atoms. The van der Waals surface area contributed by atoms with E-state index in [0.717, 1.165) is 16.3 Å². The number of amides is 1. The first-order chi connectivity index (χ1) is 17.7. The van der Waals surface area contributed by atoms with Gasteiger partial charge in [0.05, 0.1) is 6.42 Å². The lowest BCUT2D eigenvalue weighted by Crippen LogP contribution is -2.25. The molecular formula is C30H32F3NO3. The number of carboxylic acids is 1. The molecule has 1 fully saturated rings. The highest BCUT2D eigenvalue weighted by molar-refractivity contribution is 5.94. The van der Waals surface area contributed by atoms with E-state index in [1.807, 2.05) is 18.2 Å². The number of fused-ring (bicyclic) bond motifs is 1. The first-order valence-electron chi connectivity index (χ1n) is 12.9. The molecule has 0 radical (unpaired) electrons. The Kier molecular flexibility index (Phi) is 8.52. The average Bonchev–Trinajstić information content (AvgIpc) is 2.88. The average molecular weight is 512 g/mol. The predicted octanol–water partition coefficient (Wildman–Crippen LogP) is 7.57. The number of aliphatic carboxylic acids is 1. The van der Waals surface area contributed by atoms with Gasteiger partial charge in [0.1, 0.15) is 0 Å². The van der Waals surface area contributed by atoms with Gasteiger partial charge in [-0.3, -0.25) is 9.59 Å². The third-order valence-electron chi connectivity index (χ3n) is 7.28. The van der Waals surface area contributed by atoms with Crippen molar-refractivity contribution >= 4 is 22.6 Å². The Bertz CT molecular complexity index is 1230. The summed E-state index contributed by atoms with van der Waals surface area (Å²) in [6.07, 6.45) is 0.752. The zero-order chi connectivity index (χ0) is 26.4. The zero-order valence-corrected chi connectivity index (χ0v) is 20.7. The van der Waals surface area contributed by atoms with E-state index in [2.05, 4.69) is 23.5 Å². The van der Waals surface area contributed by atoms with Crippen LogP contribution in [0.1, 0.15) is 90.3 Å². The van der Waals surface area contributed by atoms with Crippen LogP contribution in [-0.4, -0.2) is 29.7 Å². The number of nitrogens with one attached hydrogen (secondary N) is 1. The maximum atomic E-state index is 13.2. The molecule has 3 aromatic carbocycles. The summed E-state index contributed by atoms with van der Waals surface area (Å²) in [6.45, 7) is 0.00365. The standard InChI is InChI=1S/C30H32F3NO3/c31-30(32,33)16-14-27(21-6-8-22(9-7-21)29(37)34-17-15-28(35)36)26-13-12-24-18-23(10-11-25(24)19-26)20-4-2-1-3-5-20/h6-13,18-20,27H,1-5,14-17H2,(H,34,37)(H,35,36). The number of alkyl halides is 3. The number of carbonyl (C=O) groups excluding carboxylic acids is 1. The molecule has 0 bridgehead atoms. The molecule has 0 spiro atoms. The summed E-state index contributed by atoms with van der Waals surface area (Å²) in [6, 6.07) is 18.9. The van der Waals surface area contributed by atoms with E-state index in [4.69, 9.17) is 5.11 Å². The molecule has 1 amide bonds. The van der Waals surface area contributed by atoms with Crippen LogP contribution in [0, 0.1) is 0 Å². The van der Waals surface area contributed by atoms with Crippen LogP contribution in [0.3, 0.4) is 0 Å². The van der Waals surface area contributed by atoms with E-state index >= 15 is 0 Å². The van der Waals surface area contributed by atoms with Gasteiger partial charge >= 0.3 is 12.1 Å². The highest BCUT2D eigenvalue weighted by Gasteiger charge is 2.29. The lowest BCUT2D eigenvalue weighted by Gasteiger charge is -2.23. The molecule has 3 aromatic rings. The van der Waals surface area contributed by atoms with Gasteiger partial charge in [-0.1, -0.05) is 67.8 Å². The summed E-state index contributed by atoms with van der Waals surface area (Å²) in [5, 5.41) is 13.3. The van der Waals surface area contributed by atoms with Crippen LogP contribution in [0.5, 0.6) is 0 Å². The molecule has 0 aliphatic heterocycles. The minimum absolute atomic E-state index is 0.00365. The van der Waals surface area contributed by atoms with E-state index in [-0.39, 0.29) is 19.4 Å². The molecule has 0 heterocycles. The smallest absolute Gasteiger partial charge is 0.389 e. The zero-order valence-electron chi connectivity index (χ0n) is 20.7. The molecule has 1 saturated carbocycles. The number of carbonyl (C=O) groups is 2. The van der Waals surface area contributed by atoms with Gasteiger partial charge in [0.2, 0.25) is 0 Å². The Morgan fingerprint density at radius 2 is 1.54 bits per heavy atom. The van der Waals surface area contributed by atoms with Gasteiger partial charge in [-0.25, -0.2) is 0 Å². The van der Waals surface area contributed by atoms with Gasteiger partial charge in [-0.15, -0.1) is 0 Å². The normalized spacial score (nSPS) is 15.4. The fraction of sp³-hybridized carbons (Fsp3) is 0.400. The third-order valence-corrected chi connectivity index (χ3v) is 7.28. The summed E-state index contributed by atoms with van der Waals surface area (Å²) in [7, 11) is 0. The highest BCUT2D eigenvalue weighted by atomic mass is 19.4. The number of hydrogen-bond donors (Lipinski definition) is 2. The second-order valence-corrected chi connectivity index (χ2v) is 9.93. The molecule has 2 N–H and O–H groups in total. The van der Waals surface area contributed by atoms with Crippen molar-refractivity contribution in [2.45, 2.75) is 69.4 Å². The molecule has 1 aliphatic carbocycles. The maximum absolute atomic E-state index is 13.2. The van der Waals surface area contributed by atoms with Gasteiger partial charge in [-0.05, 0) is 64.8 Å². The van der Waals surface area contributed by atoms with Crippen molar-refractivity contribution in [2.75, 3.05) is 6.54 Å². The molecule has 1 unspecified atom stereocenters. The Balaban J connectivity index is 1.57. The van der Waals surface area contributed by atoms with Crippen LogP contribution in [-0.2, 0) is 4.79 Å². The maximum Gasteiger partial charge on any atom is 0.389 e. The minimum Gasteiger partial charge on any atom is -0.481 e. The van der Waals surface area contributed by atoms with E-state index in [9.17, 15) is 22.8 Å². The van der Waals surface area contributed by atoms with Gasteiger partial charge in [0.15, 0.2) is 0 Å². The predicted molar refractivity (Wildman–Crippen MR) is 138 cm³/mol. The summed E-state index contributed by atoms with van der Waals surface area (Å²) in [5.41, 5.74) is 3.17. The van der Waals surface area contributed by atoms with Crippen LogP contribution in [0.2, 0.25) is 0 Å². The lowest BCUT2D eigenvalue weighted by molar-refractivity contribution is -0.137. The molecule has 196 valence electrons. The van der Waals surface area contributed by atoms with E-state index < -0.39 is 30.4 Å². The first-order valence-corrected chi connectivity index (χ1v) is 12.9. The Hall–Kier alpha value is -3.35. The van der Waals surface area contributed by atoms with Crippen LogP contribution in [0.15, 0.2) is 60.7 Å². The molecule has 4 nitrogen and oxygen atoms in total. The van der Waals surface area contributed by atoms with Crippen LogP contribution < -0.4 is 5.32 Å². The molecule has 1 aliphatic rings. The van der Waals surface area contributed by atoms with E-state index in [1.165, 1.54) is 37.7 Å². The number of rotatable bonds is 9. The Labute approximate surface area is 214 Å². The van der Waals surface area contributed by atoms with Crippen molar-refractivity contribution in [2.24, 2.45) is 0 Å². The van der Waals surface area contributed by atoms with Crippen molar-refractivity contribution in [3.8, 4) is 0 Å². The van der Waals surface area contributed by atoms with E-state index in [0.29, 0.717) is 17.0 Å². The van der Waals surface area contributed by atoms with Crippen molar-refractivity contribution in [1.29, 1.82) is 0 Å². The molecule has 0 aromatic heterocycles. The quantitative estimate of drug-likeness (QED) is 0.311. The topological polar surface area (TPSA) is 66.4 Å². The second kappa shape index (κ2) is 11.8. The summed E-state index contributed by atoms with van der Waals surface area (Å²) in [4.78, 5) is 22.9. The minimum atomic E-state index is -4.27. The summed E-state index contributed by atoms with van der Waals surface area (Å²) < 4.78 is 39.5. The van der Waals surface area contributed by atoms with Crippen molar-refractivity contribution in [3.63, 3.8) is 0 Å². The largest absolute Gasteiger partial charge is 0.481 e. The second-order valence-electron chi connectivity index (χ2n) is 9.93. The van der Waals surface area contributed by atoms with Crippen LogP contribution >= 0.6 is 0 Å². The van der Waals surface area contributed by atoms with Gasteiger partial charge < -0.3 is 10.4 Å². The van der Waals surface area contributed by atoms with Gasteiger partial charge in [-0.2, -0.15) is 13.2 Å². The van der Waals surface area contributed by atoms with Crippen LogP contribution in [0.4, 0.5) is 13.2 Å². The Morgan fingerprint density at radius 1 is 0.892 bits per heavy atom. The van der Waals surface area contributed by atoms with Crippen molar-refractivity contribution in [1.82, 2.24) is 5.32 Å². The number of halogens is 3. The van der Waals surface area contributed by atoms with Crippen LogP contribution in [0.25, 0.3) is 10.8 Å². The highest BCUT2D eigenvalue weighted by Crippen LogP contribution is 2.37. The number of carboxylic acid groups (broad SMARTS) is 1. The monoisotopic (exact) mass is 511 g/mol. The molecule has 4 rings (SSSR count). The number of hydrogen-bond acceptors (Lipinski definition) is 2. The fourth-order valence-corrected chi connectivity index (χ4v) is 5.27. The number of benzene rings is 3. The van der Waals surface area contributed by atoms with E-state index in [1.54, 1.807) is 24.3 Å². The summed E-state index contributed by atoms with van der Waals surface area (Å²) >= 11 is 0. The van der Waals surface area contributed by atoms with Crippen molar-refractivity contribution < 1.29 is 27.9 Å². The van der Waals surface area contributed by atoms with Gasteiger partial charge in [0, 0.05) is 24.4 Å². The molecule has 7 heteroatoms. The fourth-order valence-electron chi connectivity index (χ4n) is 5.27. The Morgan fingerprint density at radius 3 is 2.22 bits per heavy atom. The summed E-state index contributed by atoms with van der Waals surface area (Å²) in [5.74, 6) is -1.33. The SMILES string of the molecule is O=C(O)CCNC(=O)c1ccc(C(CCC(F)(F)F)c2ccc3cc(C4CCCCC4)ccc3c2)cc1. The molecule has 1 atom stereocenters. The lowest BCUT2D eigenvalue weighted by atomic mass is 9.82. The molecular weight excluding hydrogens is 479 g/mol. The van der Waals surface area contributed by atoms with Crippen molar-refractivity contribution in [3.05, 3.63) is 82.9 Å². The third kappa shape index (κ3) is 7.34.